The van der Waals surface area contributed by atoms with Crippen molar-refractivity contribution in [3.05, 3.63) is 0 Å². The number of primary amides is 1. The highest BCUT2D eigenvalue weighted by Gasteiger charge is 2.27. The Morgan fingerprint density at radius 3 is 3.00 bits per heavy atom. The average molecular weight is 255 g/mol. The summed E-state index contributed by atoms with van der Waals surface area (Å²) < 4.78 is 5.61. The highest BCUT2D eigenvalue weighted by Crippen LogP contribution is 2.20. The summed E-state index contributed by atoms with van der Waals surface area (Å²) in [6, 6.07) is 0.353. The SMILES string of the molecule is CC1CN(CCC(NC2CC2)C(N)=O)CCCO1. The van der Waals surface area contributed by atoms with E-state index in [2.05, 4.69) is 17.1 Å². The van der Waals surface area contributed by atoms with Crippen LogP contribution in [0.3, 0.4) is 0 Å². The van der Waals surface area contributed by atoms with Crippen LogP contribution in [0.5, 0.6) is 0 Å². The molecule has 2 rings (SSSR count). The first-order valence-electron chi connectivity index (χ1n) is 7.04. The van der Waals surface area contributed by atoms with E-state index in [4.69, 9.17) is 10.5 Å². The number of nitrogens with zero attached hydrogens (tertiary/aromatic N) is 1. The molecule has 1 amide bonds. The van der Waals surface area contributed by atoms with E-state index >= 15 is 0 Å². The third-order valence-electron chi connectivity index (χ3n) is 3.63. The van der Waals surface area contributed by atoms with Crippen molar-refractivity contribution in [3.8, 4) is 0 Å². The molecule has 1 saturated carbocycles. The molecule has 3 N–H and O–H groups in total. The molecular weight excluding hydrogens is 230 g/mol. The molecular formula is C13H25N3O2. The lowest BCUT2D eigenvalue weighted by Crippen LogP contribution is -2.45. The highest BCUT2D eigenvalue weighted by atomic mass is 16.5. The second kappa shape index (κ2) is 6.50. The molecule has 2 atom stereocenters. The fourth-order valence-electron chi connectivity index (χ4n) is 2.44. The first-order chi connectivity index (χ1) is 8.65. The lowest BCUT2D eigenvalue weighted by molar-refractivity contribution is -0.120. The number of amides is 1. The van der Waals surface area contributed by atoms with Crippen LogP contribution in [0.4, 0.5) is 0 Å². The van der Waals surface area contributed by atoms with Gasteiger partial charge < -0.3 is 20.7 Å². The Balaban J connectivity index is 1.74. The molecule has 1 aliphatic heterocycles. The van der Waals surface area contributed by atoms with Gasteiger partial charge in [-0.25, -0.2) is 0 Å². The van der Waals surface area contributed by atoms with Gasteiger partial charge in [0.25, 0.3) is 0 Å². The van der Waals surface area contributed by atoms with Crippen LogP contribution in [0, 0.1) is 0 Å². The molecule has 0 aromatic heterocycles. The summed E-state index contributed by atoms with van der Waals surface area (Å²) in [5, 5.41) is 3.32. The number of nitrogens with two attached hydrogens (primary N) is 1. The Morgan fingerprint density at radius 1 is 1.56 bits per heavy atom. The quantitative estimate of drug-likeness (QED) is 0.706. The smallest absolute Gasteiger partial charge is 0.234 e. The average Bonchev–Trinajstić information content (AvgIpc) is 3.12. The van der Waals surface area contributed by atoms with Crippen molar-refractivity contribution in [3.63, 3.8) is 0 Å². The minimum Gasteiger partial charge on any atom is -0.377 e. The Bertz CT molecular complexity index is 281. The predicted octanol–water partition coefficient (Wildman–Crippen LogP) is 0.0932. The van der Waals surface area contributed by atoms with Gasteiger partial charge in [-0.15, -0.1) is 0 Å². The van der Waals surface area contributed by atoms with E-state index in [0.717, 1.165) is 39.1 Å². The topological polar surface area (TPSA) is 67.6 Å². The molecule has 5 nitrogen and oxygen atoms in total. The molecule has 0 radical (unpaired) electrons. The maximum atomic E-state index is 11.4. The molecule has 2 fully saturated rings. The summed E-state index contributed by atoms with van der Waals surface area (Å²) in [5.74, 6) is -0.221. The molecule has 2 aliphatic rings. The number of hydrogen-bond donors (Lipinski definition) is 2. The van der Waals surface area contributed by atoms with Crippen molar-refractivity contribution in [1.82, 2.24) is 10.2 Å². The fourth-order valence-corrected chi connectivity index (χ4v) is 2.44. The van der Waals surface area contributed by atoms with E-state index in [1.165, 1.54) is 12.8 Å². The Kier molecular flexibility index (Phi) is 4.97. The third-order valence-corrected chi connectivity index (χ3v) is 3.63. The zero-order chi connectivity index (χ0) is 13.0. The van der Waals surface area contributed by atoms with Gasteiger partial charge >= 0.3 is 0 Å². The Morgan fingerprint density at radius 2 is 2.33 bits per heavy atom. The number of carbonyl (C=O) groups excluding carboxylic acids is 1. The van der Waals surface area contributed by atoms with E-state index in [1.807, 2.05) is 0 Å². The van der Waals surface area contributed by atoms with E-state index in [1.54, 1.807) is 0 Å². The lowest BCUT2D eigenvalue weighted by atomic mass is 10.1. The van der Waals surface area contributed by atoms with Gasteiger partial charge in [0.05, 0.1) is 12.1 Å². The minimum absolute atomic E-state index is 0.169. The van der Waals surface area contributed by atoms with Crippen LogP contribution in [-0.2, 0) is 9.53 Å². The first-order valence-corrected chi connectivity index (χ1v) is 7.04. The zero-order valence-electron chi connectivity index (χ0n) is 11.2. The van der Waals surface area contributed by atoms with Crippen LogP contribution in [0.15, 0.2) is 0 Å². The molecule has 1 aliphatic carbocycles. The van der Waals surface area contributed by atoms with Gasteiger partial charge in [-0.05, 0) is 32.6 Å². The molecule has 0 aromatic rings. The molecule has 5 heteroatoms. The van der Waals surface area contributed by atoms with Crippen LogP contribution >= 0.6 is 0 Å². The number of carbonyl (C=O) groups is 1. The molecule has 0 aromatic carbocycles. The molecule has 2 unspecified atom stereocenters. The van der Waals surface area contributed by atoms with Crippen molar-refractivity contribution in [2.24, 2.45) is 5.73 Å². The van der Waals surface area contributed by atoms with Crippen molar-refractivity contribution in [2.45, 2.75) is 50.8 Å². The van der Waals surface area contributed by atoms with E-state index in [0.29, 0.717) is 6.04 Å². The Hall–Kier alpha value is -0.650. The van der Waals surface area contributed by atoms with Crippen LogP contribution in [0.2, 0.25) is 0 Å². The largest absolute Gasteiger partial charge is 0.377 e. The lowest BCUT2D eigenvalue weighted by Gasteiger charge is -2.24. The zero-order valence-corrected chi connectivity index (χ0v) is 11.2. The van der Waals surface area contributed by atoms with Crippen LogP contribution in [-0.4, -0.2) is 55.2 Å². The molecule has 0 spiro atoms. The van der Waals surface area contributed by atoms with Gasteiger partial charge in [0, 0.05) is 32.3 Å². The van der Waals surface area contributed by atoms with Crippen LogP contribution in [0.25, 0.3) is 0 Å². The van der Waals surface area contributed by atoms with Crippen molar-refractivity contribution < 1.29 is 9.53 Å². The standard InChI is InChI=1S/C13H25N3O2/c1-10-9-16(6-2-8-18-10)7-5-12(13(14)17)15-11-3-4-11/h10-12,15H,2-9H2,1H3,(H2,14,17). The van der Waals surface area contributed by atoms with Gasteiger partial charge in [0.2, 0.25) is 5.91 Å². The molecule has 18 heavy (non-hydrogen) atoms. The van der Waals surface area contributed by atoms with E-state index in [-0.39, 0.29) is 18.1 Å². The van der Waals surface area contributed by atoms with E-state index in [9.17, 15) is 4.79 Å². The summed E-state index contributed by atoms with van der Waals surface area (Å²) in [6.45, 7) is 5.87. The van der Waals surface area contributed by atoms with Crippen molar-refractivity contribution >= 4 is 5.91 Å². The summed E-state index contributed by atoms with van der Waals surface area (Å²) >= 11 is 0. The van der Waals surface area contributed by atoms with Crippen molar-refractivity contribution in [2.75, 3.05) is 26.2 Å². The molecule has 104 valence electrons. The fraction of sp³-hybridized carbons (Fsp3) is 0.923. The van der Waals surface area contributed by atoms with Gasteiger partial charge in [-0.3, -0.25) is 4.79 Å². The first kappa shape index (κ1) is 13.8. The summed E-state index contributed by atoms with van der Waals surface area (Å²) in [6.07, 6.45) is 4.52. The second-order valence-corrected chi connectivity index (χ2v) is 5.52. The number of rotatable bonds is 6. The van der Waals surface area contributed by atoms with E-state index < -0.39 is 0 Å². The summed E-state index contributed by atoms with van der Waals surface area (Å²) in [5.41, 5.74) is 5.44. The number of ether oxygens (including phenoxy) is 1. The number of hydrogen-bond acceptors (Lipinski definition) is 4. The summed E-state index contributed by atoms with van der Waals surface area (Å²) in [4.78, 5) is 13.8. The number of nitrogens with one attached hydrogen (secondary N) is 1. The monoisotopic (exact) mass is 255 g/mol. The van der Waals surface area contributed by atoms with Crippen LogP contribution in [0.1, 0.15) is 32.6 Å². The van der Waals surface area contributed by atoms with Crippen LogP contribution < -0.4 is 11.1 Å². The Labute approximate surface area is 109 Å². The minimum atomic E-state index is -0.221. The predicted molar refractivity (Wildman–Crippen MR) is 70.2 cm³/mol. The molecule has 1 saturated heterocycles. The molecule has 1 heterocycles. The molecule has 0 bridgehead atoms. The normalized spacial score (nSPS) is 27.7. The van der Waals surface area contributed by atoms with Gasteiger partial charge in [-0.2, -0.15) is 0 Å². The highest BCUT2D eigenvalue weighted by molar-refractivity contribution is 5.79. The van der Waals surface area contributed by atoms with Gasteiger partial charge in [0.15, 0.2) is 0 Å². The maximum absolute atomic E-state index is 11.4. The van der Waals surface area contributed by atoms with Crippen molar-refractivity contribution in [1.29, 1.82) is 0 Å². The summed E-state index contributed by atoms with van der Waals surface area (Å²) in [7, 11) is 0. The van der Waals surface area contributed by atoms with Gasteiger partial charge in [0.1, 0.15) is 0 Å². The maximum Gasteiger partial charge on any atom is 0.234 e. The van der Waals surface area contributed by atoms with Gasteiger partial charge in [-0.1, -0.05) is 0 Å². The third kappa shape index (κ3) is 4.55. The second-order valence-electron chi connectivity index (χ2n) is 5.52.